The summed E-state index contributed by atoms with van der Waals surface area (Å²) in [6, 6.07) is 71.9. The van der Waals surface area contributed by atoms with E-state index in [1.165, 1.54) is 56.9 Å². The Morgan fingerprint density at radius 1 is 0.355 bits per heavy atom. The molecule has 32 heteroatoms. The van der Waals surface area contributed by atoms with Gasteiger partial charge in [0.15, 0.2) is 46.0 Å². The van der Waals surface area contributed by atoms with Crippen molar-refractivity contribution in [3.05, 3.63) is 308 Å². The minimum absolute atomic E-state index is 0.0583. The van der Waals surface area contributed by atoms with Crippen LogP contribution in [0.25, 0.3) is 0 Å². The second-order valence-corrected chi connectivity index (χ2v) is 36.7. The number of piperazine rings is 3. The van der Waals surface area contributed by atoms with Crippen LogP contribution in [-0.4, -0.2) is 228 Å². The smallest absolute Gasteiger partial charge is 0.319 e. The lowest BCUT2D eigenvalue weighted by Gasteiger charge is -2.39. The van der Waals surface area contributed by atoms with Crippen molar-refractivity contribution in [1.82, 2.24) is 39.4 Å². The van der Waals surface area contributed by atoms with E-state index < -0.39 is 28.3 Å². The van der Waals surface area contributed by atoms with Gasteiger partial charge in [0.2, 0.25) is 0 Å². The Kier molecular flexibility index (Phi) is 32.1. The van der Waals surface area contributed by atoms with Crippen molar-refractivity contribution in [1.29, 1.82) is 0 Å². The number of nitrogens with zero attached hydrogens (tertiary/aromatic N) is 9. The molecule has 1 aromatic heterocycles. The number of rotatable bonds is 34. The van der Waals surface area contributed by atoms with Crippen LogP contribution in [0.3, 0.4) is 0 Å². The molecule has 3 fully saturated rings. The lowest BCUT2D eigenvalue weighted by molar-refractivity contribution is 0.0558. The second-order valence-electron chi connectivity index (χ2n) is 34.4. The molecule has 6 aliphatic heterocycles. The van der Waals surface area contributed by atoms with Crippen molar-refractivity contribution in [2.24, 2.45) is 5.14 Å². The number of methoxy groups -OCH3 is 8. The summed E-state index contributed by atoms with van der Waals surface area (Å²) in [4.78, 5) is 116. The maximum Gasteiger partial charge on any atom is 0.319 e. The molecule has 6 atom stereocenters. The molecule has 722 valence electrons. The van der Waals surface area contributed by atoms with Crippen LogP contribution in [0, 0.1) is 0 Å². The molecule has 3 saturated heterocycles. The normalized spacial score (nSPS) is 16.4. The third kappa shape index (κ3) is 21.7. The number of nitrogens with two attached hydrogens (primary N) is 1. The lowest BCUT2D eigenvalue weighted by Crippen LogP contribution is -2.47. The molecular formula is C106H119N13O17S2. The molecule has 3 unspecified atom stereocenters. The highest BCUT2D eigenvalue weighted by Gasteiger charge is 2.48. The highest BCUT2D eigenvalue weighted by atomic mass is 32.2. The van der Waals surface area contributed by atoms with Crippen molar-refractivity contribution in [2.75, 3.05) is 169 Å². The van der Waals surface area contributed by atoms with Gasteiger partial charge in [0.05, 0.1) is 130 Å². The van der Waals surface area contributed by atoms with E-state index in [1.807, 2.05) is 109 Å². The van der Waals surface area contributed by atoms with Gasteiger partial charge >= 0.3 is 6.03 Å². The standard InChI is InChI=1S/C38H41N3O6.C36H39N5O5S.C32H39N5O6S/c1-25(27-10-7-6-8-11-27)39-18-20-40(21-19-39)30-13-9-12-29-36(30)38(43)41(37(29)42)31(28-15-17-33(45-3)35(24-28)47-5)22-26-14-16-32(44-2)34(23-26)46-4;1-24(25-9-5-4-6-10-25)39-18-20-40(21-19-39)29-12-7-11-27-33(29)35(43)41(34(27)42)28(26-14-15-30(45-2)31(23-26)46-3)16-17-37-36(44)38-32-13-8-22-47-32;1-22(23-9-5-4-6-10-23)35-17-19-36(20-18-35)27-12-7-11-25-30(27)32(39)37(31(25)38)26(13-8-16-34-44(33,40)41)24-14-15-28(42-2)29(21-24)43-3/h6-17,23-25,31H,18-22H2,1-5H3;4-15,22-24,28H,16-21H2,1-3H3,(H2,37,38,44);4-7,9-12,14-15,21-22,26,34H,8,13,16-20H2,1-3H3,(H2,33,40,41)/t25-,31?;24-,28?;22-,26?/m111/s1. The topological polar surface area (TPSA) is 319 Å². The van der Waals surface area contributed by atoms with Gasteiger partial charge in [-0.2, -0.15) is 8.42 Å². The van der Waals surface area contributed by atoms with E-state index in [4.69, 9.17) is 43.0 Å². The minimum Gasteiger partial charge on any atom is -0.493 e. The van der Waals surface area contributed by atoms with Gasteiger partial charge in [-0.25, -0.2) is 14.7 Å². The molecule has 17 rings (SSSR count). The Bertz CT molecular complexity index is 6280. The van der Waals surface area contributed by atoms with Crippen molar-refractivity contribution in [3.8, 4) is 46.0 Å². The molecule has 0 bridgehead atoms. The Labute approximate surface area is 810 Å². The molecule has 0 radical (unpaired) electrons. The van der Waals surface area contributed by atoms with E-state index in [9.17, 15) is 42.0 Å². The zero-order valence-electron chi connectivity index (χ0n) is 79.6. The average Bonchev–Trinajstić information content (AvgIpc) is 1.59. The number of benzene rings is 10. The highest BCUT2D eigenvalue weighted by Crippen LogP contribution is 2.47. The number of hydrogen-bond donors (Lipinski definition) is 4. The van der Waals surface area contributed by atoms with E-state index in [0.717, 1.165) is 98.6 Å². The van der Waals surface area contributed by atoms with Crippen LogP contribution in [-0.2, 0) is 16.6 Å². The summed E-state index contributed by atoms with van der Waals surface area (Å²) in [6.07, 6.45) is 1.28. The van der Waals surface area contributed by atoms with E-state index in [1.54, 1.807) is 97.3 Å². The maximum absolute atomic E-state index is 14.5. The van der Waals surface area contributed by atoms with Gasteiger partial charge in [-0.3, -0.25) is 63.5 Å². The number of ether oxygens (including phenoxy) is 8. The fourth-order valence-electron chi connectivity index (χ4n) is 19.4. The van der Waals surface area contributed by atoms with Gasteiger partial charge in [-0.15, -0.1) is 11.3 Å². The molecule has 8 amide bonds. The van der Waals surface area contributed by atoms with Gasteiger partial charge in [-0.1, -0.05) is 133 Å². The minimum atomic E-state index is -3.88. The van der Waals surface area contributed by atoms with E-state index in [0.29, 0.717) is 129 Å². The van der Waals surface area contributed by atoms with Gasteiger partial charge in [-0.05, 0) is 188 Å². The van der Waals surface area contributed by atoms with E-state index in [2.05, 4.69) is 138 Å². The molecule has 0 saturated carbocycles. The van der Waals surface area contributed by atoms with Gasteiger partial charge in [0, 0.05) is 110 Å². The molecule has 30 nitrogen and oxygen atoms in total. The molecule has 11 aromatic rings. The molecule has 138 heavy (non-hydrogen) atoms. The van der Waals surface area contributed by atoms with Crippen LogP contribution in [0.5, 0.6) is 46.0 Å². The average molecular weight is 1910 g/mol. The highest BCUT2D eigenvalue weighted by molar-refractivity contribution is 7.87. The van der Waals surface area contributed by atoms with Gasteiger partial charge in [0.1, 0.15) is 0 Å². The van der Waals surface area contributed by atoms with E-state index >= 15 is 0 Å². The molecule has 7 heterocycles. The Morgan fingerprint density at radius 2 is 0.688 bits per heavy atom. The number of amides is 8. The number of fused-ring (bicyclic) bond motifs is 3. The number of hydrogen-bond acceptors (Lipinski definition) is 24. The molecule has 10 aromatic carbocycles. The summed E-state index contributed by atoms with van der Waals surface area (Å²) in [5, 5.41) is 13.4. The third-order valence-corrected chi connectivity index (χ3v) is 28.2. The zero-order chi connectivity index (χ0) is 97.4. The SMILES string of the molecule is COc1ccc(C(CCCNS(N)(=O)=O)N2C(=O)c3cccc(N4CCN([C@H](C)c5ccccc5)CC4)c3C2=O)cc1OC.COc1ccc(C(CCNC(=O)Nc2cccs2)N2C(=O)c3cccc(N4CCN([C@H](C)c5ccccc5)CC4)c3C2=O)cc1OC.COc1ccc(CC(c2ccc(OC)c(OC)c2)N2C(=O)c3cccc(N4CCN([C@H](C)c5ccccc5)CC4)c3C2=O)cc1OC. The fraction of sp³-hybridized carbons (Fsp3) is 0.330. The van der Waals surface area contributed by atoms with Gasteiger partial charge < -0.3 is 57.9 Å². The van der Waals surface area contributed by atoms with Crippen LogP contribution >= 0.6 is 11.3 Å². The van der Waals surface area contributed by atoms with Crippen molar-refractivity contribution < 1.29 is 79.9 Å². The van der Waals surface area contributed by atoms with Crippen molar-refractivity contribution in [2.45, 2.75) is 82.7 Å². The van der Waals surface area contributed by atoms with Crippen molar-refractivity contribution in [3.63, 3.8) is 0 Å². The first kappa shape index (κ1) is 98.6. The molecular weight excluding hydrogens is 1790 g/mol. The van der Waals surface area contributed by atoms with Crippen LogP contribution in [0.15, 0.2) is 236 Å². The summed E-state index contributed by atoms with van der Waals surface area (Å²) >= 11 is 1.42. The number of imide groups is 3. The van der Waals surface area contributed by atoms with Gasteiger partial charge in [0.25, 0.3) is 45.7 Å². The molecule has 6 aliphatic rings. The Morgan fingerprint density at radius 3 is 1.03 bits per heavy atom. The predicted molar refractivity (Wildman–Crippen MR) is 533 cm³/mol. The summed E-state index contributed by atoms with van der Waals surface area (Å²) in [5.41, 5.74) is 11.6. The predicted octanol–water partition coefficient (Wildman–Crippen LogP) is 15.9. The molecule has 0 spiro atoms. The number of urea groups is 1. The van der Waals surface area contributed by atoms with Crippen LogP contribution in [0.1, 0.15) is 177 Å². The summed E-state index contributed by atoms with van der Waals surface area (Å²) in [6.45, 7) is 16.3. The zero-order valence-corrected chi connectivity index (χ0v) is 81.2. The number of nitrogens with one attached hydrogen (secondary N) is 3. The quantitative estimate of drug-likeness (QED) is 0.0215. The number of carbonyl (C=O) groups excluding carboxylic acids is 7. The molecule has 0 aliphatic carbocycles. The molecule has 5 N–H and O–H groups in total. The first-order chi connectivity index (χ1) is 66.9. The van der Waals surface area contributed by atoms with Crippen LogP contribution in [0.4, 0.5) is 26.9 Å². The number of anilines is 4. The first-order valence-electron chi connectivity index (χ1n) is 46.3. The van der Waals surface area contributed by atoms with Crippen molar-refractivity contribution >= 4 is 85.1 Å². The Hall–Kier alpha value is -13.9. The lowest BCUT2D eigenvalue weighted by atomic mass is 9.96. The first-order valence-corrected chi connectivity index (χ1v) is 48.7. The largest absolute Gasteiger partial charge is 0.493 e. The van der Waals surface area contributed by atoms with E-state index in [-0.39, 0.29) is 72.7 Å². The number of carbonyl (C=O) groups is 7. The second kappa shape index (κ2) is 45.0. The Balaban J connectivity index is 0.000000157. The fourth-order valence-corrected chi connectivity index (χ4v) is 20.4. The monoisotopic (exact) mass is 1910 g/mol. The van der Waals surface area contributed by atoms with Crippen LogP contribution < -0.4 is 73.1 Å². The summed E-state index contributed by atoms with van der Waals surface area (Å²) in [7, 11) is 8.58. The van der Waals surface area contributed by atoms with Crippen LogP contribution in [0.2, 0.25) is 0 Å². The third-order valence-electron chi connectivity index (χ3n) is 26.8. The summed E-state index contributed by atoms with van der Waals surface area (Å²) < 4.78 is 69.1. The maximum atomic E-state index is 14.5. The summed E-state index contributed by atoms with van der Waals surface area (Å²) in [5.74, 6) is 2.15. The number of thiophene rings is 1.